The maximum Gasteiger partial charge on any atom is 0.336 e. The summed E-state index contributed by atoms with van der Waals surface area (Å²) in [4.78, 5) is 45.2. The summed E-state index contributed by atoms with van der Waals surface area (Å²) in [6, 6.07) is 15.4. The highest BCUT2D eigenvalue weighted by molar-refractivity contribution is 6.40. The summed E-state index contributed by atoms with van der Waals surface area (Å²) >= 11 is 0. The zero-order valence-electron chi connectivity index (χ0n) is 15.9. The fourth-order valence-corrected chi connectivity index (χ4v) is 3.18. The fraction of sp³-hybridized carbons (Fsp3) is 0.0909. The van der Waals surface area contributed by atoms with Crippen molar-refractivity contribution in [2.24, 2.45) is 0 Å². The first kappa shape index (κ1) is 18.4. The van der Waals surface area contributed by atoms with Crippen LogP contribution in [-0.2, 0) is 9.59 Å². The van der Waals surface area contributed by atoms with Crippen LogP contribution in [-0.4, -0.2) is 36.9 Å². The molecule has 0 unspecified atom stereocenters. The van der Waals surface area contributed by atoms with E-state index >= 15 is 0 Å². The Morgan fingerprint density at radius 3 is 2.41 bits per heavy atom. The number of benzene rings is 2. The molecule has 0 atom stereocenters. The van der Waals surface area contributed by atoms with E-state index in [9.17, 15) is 14.4 Å². The molecule has 29 heavy (non-hydrogen) atoms. The second-order valence-corrected chi connectivity index (χ2v) is 6.80. The van der Waals surface area contributed by atoms with Gasteiger partial charge in [0.15, 0.2) is 0 Å². The SMILES string of the molecule is CN(C)c1ccc(/C=C2/C(=O)NC(=O)N(c3cccc4cccnc34)C2=O)cc1. The van der Waals surface area contributed by atoms with E-state index in [0.717, 1.165) is 16.0 Å². The molecule has 0 saturated carbocycles. The minimum atomic E-state index is -0.793. The van der Waals surface area contributed by atoms with E-state index in [2.05, 4.69) is 10.3 Å². The van der Waals surface area contributed by atoms with Crippen LogP contribution < -0.4 is 15.1 Å². The van der Waals surface area contributed by atoms with Crippen molar-refractivity contribution in [3.63, 3.8) is 0 Å². The molecule has 1 aliphatic heterocycles. The Hall–Kier alpha value is -4.00. The van der Waals surface area contributed by atoms with Crippen molar-refractivity contribution >= 4 is 46.2 Å². The molecule has 0 bridgehead atoms. The third-order valence-corrected chi connectivity index (χ3v) is 4.67. The minimum absolute atomic E-state index is 0.116. The Morgan fingerprint density at radius 1 is 0.966 bits per heavy atom. The number of urea groups is 1. The van der Waals surface area contributed by atoms with Gasteiger partial charge < -0.3 is 4.90 Å². The van der Waals surface area contributed by atoms with E-state index in [4.69, 9.17) is 0 Å². The maximum atomic E-state index is 13.1. The number of hydrogen-bond donors (Lipinski definition) is 1. The predicted molar refractivity (Wildman–Crippen MR) is 112 cm³/mol. The maximum absolute atomic E-state index is 13.1. The van der Waals surface area contributed by atoms with Crippen molar-refractivity contribution in [2.75, 3.05) is 23.9 Å². The quantitative estimate of drug-likeness (QED) is 0.553. The first-order valence-electron chi connectivity index (χ1n) is 8.98. The fourth-order valence-electron chi connectivity index (χ4n) is 3.18. The lowest BCUT2D eigenvalue weighted by Crippen LogP contribution is -2.54. The van der Waals surface area contributed by atoms with Gasteiger partial charge in [0.05, 0.1) is 11.2 Å². The van der Waals surface area contributed by atoms with E-state index in [1.54, 1.807) is 24.4 Å². The van der Waals surface area contributed by atoms with Crippen LogP contribution >= 0.6 is 0 Å². The number of carbonyl (C=O) groups excluding carboxylic acids is 3. The zero-order valence-corrected chi connectivity index (χ0v) is 15.9. The van der Waals surface area contributed by atoms with E-state index in [-0.39, 0.29) is 5.57 Å². The largest absolute Gasteiger partial charge is 0.378 e. The molecule has 7 heteroatoms. The van der Waals surface area contributed by atoms with Gasteiger partial charge in [0.2, 0.25) is 0 Å². The molecule has 4 rings (SSSR count). The number of nitrogens with zero attached hydrogens (tertiary/aromatic N) is 3. The van der Waals surface area contributed by atoms with Gasteiger partial charge in [0.1, 0.15) is 5.57 Å². The number of barbiturate groups is 1. The van der Waals surface area contributed by atoms with Crippen molar-refractivity contribution in [2.45, 2.75) is 0 Å². The van der Waals surface area contributed by atoms with E-state index in [1.807, 2.05) is 55.4 Å². The number of carbonyl (C=O) groups is 3. The number of aromatic nitrogens is 1. The molecule has 7 nitrogen and oxygen atoms in total. The number of rotatable bonds is 3. The minimum Gasteiger partial charge on any atom is -0.378 e. The Bertz CT molecular complexity index is 1160. The van der Waals surface area contributed by atoms with Crippen LogP contribution in [0.4, 0.5) is 16.2 Å². The van der Waals surface area contributed by atoms with Gasteiger partial charge in [0.25, 0.3) is 11.8 Å². The zero-order chi connectivity index (χ0) is 20.5. The third kappa shape index (κ3) is 3.34. The average Bonchev–Trinajstić information content (AvgIpc) is 2.71. The number of nitrogens with one attached hydrogen (secondary N) is 1. The summed E-state index contributed by atoms with van der Waals surface area (Å²) in [5.41, 5.74) is 2.38. The smallest absolute Gasteiger partial charge is 0.336 e. The van der Waals surface area contributed by atoms with Crippen LogP contribution in [0.3, 0.4) is 0 Å². The summed E-state index contributed by atoms with van der Waals surface area (Å²) in [5, 5.41) is 3.03. The molecule has 0 radical (unpaired) electrons. The first-order chi connectivity index (χ1) is 14.0. The van der Waals surface area contributed by atoms with Crippen LogP contribution in [0.1, 0.15) is 5.56 Å². The van der Waals surface area contributed by atoms with Crippen molar-refractivity contribution in [3.8, 4) is 0 Å². The Morgan fingerprint density at radius 2 is 1.69 bits per heavy atom. The Labute approximate surface area is 167 Å². The summed E-state index contributed by atoms with van der Waals surface area (Å²) in [6.45, 7) is 0. The number of imide groups is 2. The summed E-state index contributed by atoms with van der Waals surface area (Å²) in [6.07, 6.45) is 3.07. The van der Waals surface area contributed by atoms with Gasteiger partial charge in [-0.05, 0) is 35.9 Å². The second kappa shape index (κ2) is 7.20. The van der Waals surface area contributed by atoms with Crippen LogP contribution in [0.5, 0.6) is 0 Å². The van der Waals surface area contributed by atoms with Crippen LogP contribution in [0.15, 0.2) is 66.4 Å². The van der Waals surface area contributed by atoms with Gasteiger partial charge in [0, 0.05) is 31.4 Å². The molecular weight excluding hydrogens is 368 g/mol. The molecule has 144 valence electrons. The number of hydrogen-bond acceptors (Lipinski definition) is 5. The standard InChI is InChI=1S/C22H18N4O3/c1-25(2)16-10-8-14(9-11-16)13-17-20(27)24-22(29)26(21(17)28)18-7-3-5-15-6-4-12-23-19(15)18/h3-13H,1-2H3,(H,24,27,29)/b17-13-. The molecule has 1 aliphatic rings. The van der Waals surface area contributed by atoms with Gasteiger partial charge in [-0.15, -0.1) is 0 Å². The van der Waals surface area contributed by atoms with Crippen molar-refractivity contribution < 1.29 is 14.4 Å². The third-order valence-electron chi connectivity index (χ3n) is 4.67. The lowest BCUT2D eigenvalue weighted by atomic mass is 10.1. The number of fused-ring (bicyclic) bond motifs is 1. The monoisotopic (exact) mass is 386 g/mol. The van der Waals surface area contributed by atoms with Crippen molar-refractivity contribution in [1.29, 1.82) is 0 Å². The normalized spacial score (nSPS) is 15.7. The van der Waals surface area contributed by atoms with Crippen molar-refractivity contribution in [3.05, 3.63) is 71.9 Å². The van der Waals surface area contributed by atoms with Crippen LogP contribution in [0.2, 0.25) is 0 Å². The molecule has 3 aromatic rings. The lowest BCUT2D eigenvalue weighted by Gasteiger charge is -2.27. The highest BCUT2D eigenvalue weighted by Gasteiger charge is 2.37. The topological polar surface area (TPSA) is 82.6 Å². The average molecular weight is 386 g/mol. The molecule has 2 aromatic carbocycles. The Kier molecular flexibility index (Phi) is 4.56. The van der Waals surface area contributed by atoms with E-state index in [0.29, 0.717) is 16.8 Å². The summed E-state index contributed by atoms with van der Waals surface area (Å²) in [7, 11) is 3.85. The highest BCUT2D eigenvalue weighted by atomic mass is 16.2. The Balaban J connectivity index is 1.76. The summed E-state index contributed by atoms with van der Waals surface area (Å²) in [5.74, 6) is -1.41. The number of amides is 4. The molecule has 1 N–H and O–H groups in total. The molecule has 1 aromatic heterocycles. The lowest BCUT2D eigenvalue weighted by molar-refractivity contribution is -0.122. The number of para-hydroxylation sites is 1. The number of anilines is 2. The van der Waals surface area contributed by atoms with Gasteiger partial charge in [-0.1, -0.05) is 30.3 Å². The van der Waals surface area contributed by atoms with Crippen LogP contribution in [0.25, 0.3) is 17.0 Å². The number of pyridine rings is 1. The van der Waals surface area contributed by atoms with Gasteiger partial charge >= 0.3 is 6.03 Å². The van der Waals surface area contributed by atoms with E-state index in [1.165, 1.54) is 6.08 Å². The van der Waals surface area contributed by atoms with Gasteiger partial charge in [-0.2, -0.15) is 0 Å². The molecule has 0 aliphatic carbocycles. The molecule has 2 heterocycles. The second-order valence-electron chi connectivity index (χ2n) is 6.80. The molecule has 4 amide bonds. The van der Waals surface area contributed by atoms with Gasteiger partial charge in [-0.25, -0.2) is 9.69 Å². The molecule has 1 saturated heterocycles. The predicted octanol–water partition coefficient (Wildman–Crippen LogP) is 2.97. The highest BCUT2D eigenvalue weighted by Crippen LogP contribution is 2.28. The molecule has 0 spiro atoms. The van der Waals surface area contributed by atoms with E-state index < -0.39 is 17.8 Å². The first-order valence-corrected chi connectivity index (χ1v) is 8.98. The van der Waals surface area contributed by atoms with Crippen LogP contribution in [0, 0.1) is 0 Å². The van der Waals surface area contributed by atoms with Crippen molar-refractivity contribution in [1.82, 2.24) is 10.3 Å². The summed E-state index contributed by atoms with van der Waals surface area (Å²) < 4.78 is 0. The van der Waals surface area contributed by atoms with Gasteiger partial charge in [-0.3, -0.25) is 19.9 Å². The molecule has 1 fully saturated rings. The molecular formula is C22H18N4O3.